The topological polar surface area (TPSA) is 69.1 Å². The number of nitrogens with zero attached hydrogens (tertiary/aromatic N) is 1. The summed E-state index contributed by atoms with van der Waals surface area (Å²) in [7, 11) is 3.15. The summed E-state index contributed by atoms with van der Waals surface area (Å²) in [6.45, 7) is 3.72. The highest BCUT2D eigenvalue weighted by Gasteiger charge is 2.06. The van der Waals surface area contributed by atoms with Crippen LogP contribution in [0.2, 0.25) is 0 Å². The van der Waals surface area contributed by atoms with Gasteiger partial charge in [-0.3, -0.25) is 4.79 Å². The van der Waals surface area contributed by atoms with Crippen LogP contribution in [0, 0.1) is 13.8 Å². The zero-order chi connectivity index (χ0) is 18.2. The van der Waals surface area contributed by atoms with E-state index < -0.39 is 0 Å². The largest absolute Gasteiger partial charge is 0.497 e. The van der Waals surface area contributed by atoms with Crippen LogP contribution in [0.3, 0.4) is 0 Å². The minimum atomic E-state index is -0.275. The van der Waals surface area contributed by atoms with Gasteiger partial charge in [-0.25, -0.2) is 0 Å². The molecule has 0 aromatic heterocycles. The van der Waals surface area contributed by atoms with Gasteiger partial charge in [0.1, 0.15) is 11.5 Å². The Bertz CT molecular complexity index is 772. The summed E-state index contributed by atoms with van der Waals surface area (Å²) in [5.74, 6) is 1.03. The molecule has 6 nitrogen and oxygen atoms in total. The fourth-order valence-electron chi connectivity index (χ4n) is 2.19. The van der Waals surface area contributed by atoms with Gasteiger partial charge in [0.2, 0.25) is 0 Å². The minimum absolute atomic E-state index is 0.184. The number of carbonyl (C=O) groups excluding carboxylic acids is 1. The summed E-state index contributed by atoms with van der Waals surface area (Å²) in [6, 6.07) is 11.2. The average molecular weight is 342 g/mol. The molecule has 0 spiro atoms. The third-order valence-electron chi connectivity index (χ3n) is 3.57. The summed E-state index contributed by atoms with van der Waals surface area (Å²) < 4.78 is 10.4. The minimum Gasteiger partial charge on any atom is -0.497 e. The number of hydrogen-bond donors (Lipinski definition) is 1. The van der Waals surface area contributed by atoms with Gasteiger partial charge >= 0.3 is 0 Å². The second-order valence-electron chi connectivity index (χ2n) is 5.48. The Balaban J connectivity index is 1.92. The van der Waals surface area contributed by atoms with Crippen LogP contribution >= 0.6 is 0 Å². The Morgan fingerprint density at radius 1 is 1.12 bits per heavy atom. The maximum Gasteiger partial charge on any atom is 0.265 e. The average Bonchev–Trinajstić information content (AvgIpc) is 2.61. The summed E-state index contributed by atoms with van der Waals surface area (Å²) in [4.78, 5) is 17.0. The SMILES string of the molecule is COc1ccc(OC)c(/C=N\OCC(=O)Nc2cc(C)ccc2C)c1. The van der Waals surface area contributed by atoms with E-state index in [-0.39, 0.29) is 12.5 Å². The predicted octanol–water partition coefficient (Wildman–Crippen LogP) is 3.31. The highest BCUT2D eigenvalue weighted by molar-refractivity contribution is 5.92. The molecule has 0 unspecified atom stereocenters. The molecule has 0 heterocycles. The van der Waals surface area contributed by atoms with E-state index in [2.05, 4.69) is 10.5 Å². The normalized spacial score (nSPS) is 10.6. The van der Waals surface area contributed by atoms with E-state index in [1.165, 1.54) is 6.21 Å². The molecule has 0 saturated heterocycles. The molecule has 6 heteroatoms. The first-order valence-corrected chi connectivity index (χ1v) is 7.78. The molecule has 0 atom stereocenters. The fourth-order valence-corrected chi connectivity index (χ4v) is 2.19. The molecule has 0 aliphatic rings. The number of aryl methyl sites for hydroxylation is 2. The molecular weight excluding hydrogens is 320 g/mol. The van der Waals surface area contributed by atoms with Crippen molar-refractivity contribution in [1.29, 1.82) is 0 Å². The smallest absolute Gasteiger partial charge is 0.265 e. The van der Waals surface area contributed by atoms with Crippen LogP contribution in [0.4, 0.5) is 5.69 Å². The van der Waals surface area contributed by atoms with Gasteiger partial charge in [0.15, 0.2) is 6.61 Å². The van der Waals surface area contributed by atoms with Crippen LogP contribution in [-0.2, 0) is 9.63 Å². The maximum atomic E-state index is 12.0. The molecule has 0 fully saturated rings. The van der Waals surface area contributed by atoms with E-state index in [1.54, 1.807) is 32.4 Å². The van der Waals surface area contributed by atoms with Gasteiger partial charge in [-0.15, -0.1) is 0 Å². The summed E-state index contributed by atoms with van der Waals surface area (Å²) in [6.07, 6.45) is 1.48. The molecule has 0 radical (unpaired) electrons. The molecule has 1 amide bonds. The number of benzene rings is 2. The van der Waals surface area contributed by atoms with Gasteiger partial charge in [0.05, 0.1) is 20.4 Å². The highest BCUT2D eigenvalue weighted by atomic mass is 16.6. The monoisotopic (exact) mass is 342 g/mol. The van der Waals surface area contributed by atoms with Crippen molar-refractivity contribution in [3.8, 4) is 11.5 Å². The lowest BCUT2D eigenvalue weighted by Crippen LogP contribution is -2.17. The lowest BCUT2D eigenvalue weighted by molar-refractivity contribution is -0.120. The molecule has 2 aromatic rings. The van der Waals surface area contributed by atoms with Gasteiger partial charge in [0.25, 0.3) is 5.91 Å². The molecule has 132 valence electrons. The van der Waals surface area contributed by atoms with Crippen molar-refractivity contribution >= 4 is 17.8 Å². The molecule has 0 saturated carbocycles. The van der Waals surface area contributed by atoms with Crippen LogP contribution in [0.5, 0.6) is 11.5 Å². The standard InChI is InChI=1S/C19H22N2O4/c1-13-5-6-14(2)17(9-13)21-19(22)12-25-20-11-15-10-16(23-3)7-8-18(15)24-4/h5-11H,12H2,1-4H3,(H,21,22)/b20-11-. The zero-order valence-electron chi connectivity index (χ0n) is 14.8. The zero-order valence-corrected chi connectivity index (χ0v) is 14.8. The van der Waals surface area contributed by atoms with Crippen LogP contribution in [-0.4, -0.2) is 32.9 Å². The van der Waals surface area contributed by atoms with E-state index in [1.807, 2.05) is 32.0 Å². The van der Waals surface area contributed by atoms with Crippen molar-refractivity contribution in [3.63, 3.8) is 0 Å². The maximum absolute atomic E-state index is 12.0. The van der Waals surface area contributed by atoms with E-state index in [4.69, 9.17) is 14.3 Å². The third kappa shape index (κ3) is 5.24. The summed E-state index contributed by atoms with van der Waals surface area (Å²) in [5, 5.41) is 6.63. The lowest BCUT2D eigenvalue weighted by Gasteiger charge is -2.09. The summed E-state index contributed by atoms with van der Waals surface area (Å²) in [5.41, 5.74) is 3.53. The molecule has 1 N–H and O–H groups in total. The van der Waals surface area contributed by atoms with Crippen molar-refractivity contribution < 1.29 is 19.1 Å². The number of rotatable bonds is 7. The van der Waals surface area contributed by atoms with Crippen LogP contribution in [0.25, 0.3) is 0 Å². The number of ether oxygens (including phenoxy) is 2. The van der Waals surface area contributed by atoms with Crippen molar-refractivity contribution in [2.45, 2.75) is 13.8 Å². The van der Waals surface area contributed by atoms with Gasteiger partial charge in [-0.05, 0) is 49.2 Å². The number of amides is 1. The number of carbonyl (C=O) groups is 1. The Kier molecular flexibility index (Phi) is 6.39. The molecule has 0 aliphatic carbocycles. The Morgan fingerprint density at radius 2 is 1.92 bits per heavy atom. The first kappa shape index (κ1) is 18.3. The number of anilines is 1. The van der Waals surface area contributed by atoms with E-state index in [9.17, 15) is 4.79 Å². The number of hydrogen-bond acceptors (Lipinski definition) is 5. The first-order valence-electron chi connectivity index (χ1n) is 7.78. The quantitative estimate of drug-likeness (QED) is 0.619. The molecular formula is C19H22N2O4. The van der Waals surface area contributed by atoms with E-state index >= 15 is 0 Å². The van der Waals surface area contributed by atoms with Crippen molar-refractivity contribution in [2.24, 2.45) is 5.16 Å². The van der Waals surface area contributed by atoms with Crippen molar-refractivity contribution in [2.75, 3.05) is 26.1 Å². The Morgan fingerprint density at radius 3 is 2.64 bits per heavy atom. The van der Waals surface area contributed by atoms with Crippen LogP contribution in [0.1, 0.15) is 16.7 Å². The van der Waals surface area contributed by atoms with Gasteiger partial charge in [-0.2, -0.15) is 0 Å². The molecule has 0 aliphatic heterocycles. The van der Waals surface area contributed by atoms with Gasteiger partial charge in [-0.1, -0.05) is 17.3 Å². The summed E-state index contributed by atoms with van der Waals surface area (Å²) >= 11 is 0. The number of oxime groups is 1. The Labute approximate surface area is 147 Å². The molecule has 2 aromatic carbocycles. The molecule has 0 bridgehead atoms. The van der Waals surface area contributed by atoms with Gasteiger partial charge in [0, 0.05) is 11.3 Å². The highest BCUT2D eigenvalue weighted by Crippen LogP contribution is 2.22. The third-order valence-corrected chi connectivity index (χ3v) is 3.57. The van der Waals surface area contributed by atoms with Crippen molar-refractivity contribution in [1.82, 2.24) is 0 Å². The van der Waals surface area contributed by atoms with E-state index in [0.717, 1.165) is 16.8 Å². The second kappa shape index (κ2) is 8.73. The number of nitrogens with one attached hydrogen (secondary N) is 1. The van der Waals surface area contributed by atoms with Crippen LogP contribution in [0.15, 0.2) is 41.6 Å². The first-order chi connectivity index (χ1) is 12.0. The second-order valence-corrected chi connectivity index (χ2v) is 5.48. The fraction of sp³-hybridized carbons (Fsp3) is 0.263. The van der Waals surface area contributed by atoms with Crippen molar-refractivity contribution in [3.05, 3.63) is 53.1 Å². The predicted molar refractivity (Wildman–Crippen MR) is 97.6 cm³/mol. The number of methoxy groups -OCH3 is 2. The van der Waals surface area contributed by atoms with E-state index in [0.29, 0.717) is 17.1 Å². The van der Waals surface area contributed by atoms with Crippen LogP contribution < -0.4 is 14.8 Å². The lowest BCUT2D eigenvalue weighted by atomic mass is 10.1. The van der Waals surface area contributed by atoms with Gasteiger partial charge < -0.3 is 19.6 Å². The molecule has 2 rings (SSSR count). The molecule has 25 heavy (non-hydrogen) atoms. The Hall–Kier alpha value is -3.02.